The van der Waals surface area contributed by atoms with Gasteiger partial charge in [0.2, 0.25) is 0 Å². The minimum absolute atomic E-state index is 0. The van der Waals surface area contributed by atoms with Gasteiger partial charge in [0, 0.05) is 73.6 Å². The van der Waals surface area contributed by atoms with Crippen LogP contribution in [-0.4, -0.2) is 337 Å². The van der Waals surface area contributed by atoms with E-state index in [1.165, 1.54) is 143 Å². The summed E-state index contributed by atoms with van der Waals surface area (Å²) in [5.41, 5.74) is 4.66. The Bertz CT molecular complexity index is 3230. The van der Waals surface area contributed by atoms with Crippen LogP contribution in [-0.2, 0) is 130 Å². The molecular formula is C106H189ClN2NaO35+. The second kappa shape index (κ2) is 76.4. The summed E-state index contributed by atoms with van der Waals surface area (Å²) >= 11 is 4.97. The first-order valence-electron chi connectivity index (χ1n) is 52.2. The molecule has 0 amide bonds. The van der Waals surface area contributed by atoms with Crippen molar-refractivity contribution < 1.29 is 200 Å². The molecule has 15 unspecified atom stereocenters. The molecule has 0 radical (unpaired) electrons. The summed E-state index contributed by atoms with van der Waals surface area (Å²) in [6.45, 7) is 28.0. The van der Waals surface area contributed by atoms with E-state index in [0.717, 1.165) is 69.9 Å². The molecule has 0 aliphatic carbocycles. The van der Waals surface area contributed by atoms with E-state index in [9.17, 15) is 19.8 Å². The van der Waals surface area contributed by atoms with E-state index < -0.39 is 84.1 Å². The number of aldehydes is 1. The van der Waals surface area contributed by atoms with Gasteiger partial charge < -0.3 is 170 Å². The van der Waals surface area contributed by atoms with Gasteiger partial charge in [0.1, 0.15) is 110 Å². The summed E-state index contributed by atoms with van der Waals surface area (Å²) in [4.78, 5) is 33.3. The summed E-state index contributed by atoms with van der Waals surface area (Å²) in [6.07, 6.45) is 44.5. The van der Waals surface area contributed by atoms with Gasteiger partial charge in [-0.1, -0.05) is 198 Å². The number of nitrogens with zero attached hydrogens (tertiary/aromatic N) is 1. The van der Waals surface area contributed by atoms with Crippen LogP contribution in [0.3, 0.4) is 0 Å². The van der Waals surface area contributed by atoms with Crippen LogP contribution >= 0.6 is 11.6 Å². The number of rotatable bonds is 50. The Balaban J connectivity index is 0.000000907. The fourth-order valence-electron chi connectivity index (χ4n) is 18.1. The molecule has 39 heteroatoms. The van der Waals surface area contributed by atoms with Crippen molar-refractivity contribution in [1.29, 1.82) is 0 Å². The summed E-state index contributed by atoms with van der Waals surface area (Å²) in [7, 11) is 15.3. The first kappa shape index (κ1) is 138. The van der Waals surface area contributed by atoms with Gasteiger partial charge in [0.05, 0.1) is 37.6 Å². The third kappa shape index (κ3) is 50.1. The standard InChI is InChI=1S/C45H81NO4.3C10H18O4.C9H16O5.C8H7ClO2.C7H14O4.C5H10O5.CH5N.CH2O3.Na/c1-6-8-10-12-14-16-18-20-22-24-26-28-30-32-34-36-38-45(49-42-41(40-46(3)4)48-44(47-5)43(42)50-45)39-37-35-33-31-29-27-25-23-21-19-17-15-13-11-9-7-2;3*1-5-6-7-8(9(11-4)12-6)14-10(2,3)13-7;1-9(2)13-6-5(4-10)12-8(11-3)7(6)14-9;9-8(10)11-6-7-4-2-1-3-5-7;1-3-4-5(8)6(9)7(10-2)11-4;6-1-3(8)5(10)4(9)2-7;1-2;2-1-4-3;/h14-17,20-23,41-44H,6-13,18-19,24-40H2,1-5H3;3*6-9H,5H2,1-4H3;5-8,10H,4H2,1-3H3;1-5H,6H2;4-9H,3H2,1-2H3;1,3-5,7-10H,2H2;2H2,1H3;1,3H;/q;;;;;;;;;;+1/b16-14-,17-15-,22-20-,23-21-;;;;;;;;;;/t41-,42-,43?,44?;3*6?,7-,8-,9?;5?,6-,7-,8?;;4?,5-,6-,7?;;;;/m00000.0..../s1. The second-order valence-corrected chi connectivity index (χ2v) is 39.1. The number of carbonyl (C=O) groups excluding carboxylic acids is 3. The zero-order valence-corrected chi connectivity index (χ0v) is 94.5. The third-order valence-corrected chi connectivity index (χ3v) is 25.4. The number of unbranched alkanes of at least 4 members (excludes halogenated alkanes) is 18. The van der Waals surface area contributed by atoms with Crippen molar-refractivity contribution in [3.63, 3.8) is 0 Å². The number of carbonyl (C=O) groups is 3. The number of fused-ring (bicyclic) bond motifs is 5. The van der Waals surface area contributed by atoms with Crippen LogP contribution in [0.4, 0.5) is 4.79 Å². The predicted molar refractivity (Wildman–Crippen MR) is 541 cm³/mol. The smallest absolute Gasteiger partial charge is 0.662 e. The molecule has 840 valence electrons. The van der Waals surface area contributed by atoms with E-state index in [2.05, 4.69) is 118 Å². The Kier molecular flexibility index (Phi) is 72.6. The minimum atomic E-state index is -1.64. The number of aliphatic hydroxyl groups excluding tert-OH is 7. The molecule has 0 saturated carbocycles. The van der Waals surface area contributed by atoms with E-state index in [0.29, 0.717) is 6.42 Å². The molecule has 11 aliphatic heterocycles. The van der Waals surface area contributed by atoms with Crippen molar-refractivity contribution in [3.05, 3.63) is 84.5 Å². The van der Waals surface area contributed by atoms with E-state index in [-0.39, 0.29) is 180 Å². The Hall–Kier alpha value is -3.20. The van der Waals surface area contributed by atoms with Gasteiger partial charge in [-0.15, -0.1) is 0 Å². The SMILES string of the molecule is CCC1OC(OC)[C@@H](O)[C@H]1O.CCC1OC(OC)[C@H]2OC(C)(C)O[C@@H]12.CCC1OC(OC)[C@H]2OC(C)(C)O[C@@H]12.CCC1OC(OC)[C@H]2OC(C)(C)O[C@@H]12.CCCCC/C=C\C/C=C\CCCCCCCCC1(CCCCCCCC/C=C\C/C=C\CCCCC)OC2C(OC)O[C@@H](CN(C)C)[C@@H]2O1.CN.COC1OC(CO)[C@@H]2OC(C)(C)O[C@H]12.O=C(Cl)OCc1ccccc1.O=CC(O)C(O)C(O)CO.O=CO[O-].[H+].[Na+]. The van der Waals surface area contributed by atoms with E-state index in [4.69, 9.17) is 151 Å². The van der Waals surface area contributed by atoms with Crippen LogP contribution in [0, 0.1) is 0 Å². The number of halogens is 1. The van der Waals surface area contributed by atoms with Crippen molar-refractivity contribution in [2.45, 2.75) is 491 Å². The molecule has 1 aromatic carbocycles. The molecule has 37 nitrogen and oxygen atoms in total. The number of allylic oxidation sites excluding steroid dienone is 8. The fourth-order valence-corrected chi connectivity index (χ4v) is 18.2. The first-order valence-corrected chi connectivity index (χ1v) is 52.6. The minimum Gasteiger partial charge on any atom is -0.662 e. The Morgan fingerprint density at radius 3 is 1.03 bits per heavy atom. The maximum Gasteiger partial charge on any atom is 1.00 e. The largest absolute Gasteiger partial charge is 1.00 e. The number of aliphatic hydroxyl groups is 7. The fraction of sp³-hybridized carbons (Fsp3) is 0.840. The van der Waals surface area contributed by atoms with Gasteiger partial charge in [0.15, 0.2) is 73.0 Å². The van der Waals surface area contributed by atoms with Gasteiger partial charge in [-0.3, -0.25) is 4.79 Å². The van der Waals surface area contributed by atoms with E-state index >= 15 is 0 Å². The molecule has 11 saturated heterocycles. The van der Waals surface area contributed by atoms with Crippen molar-refractivity contribution in [2.75, 3.05) is 83.6 Å². The van der Waals surface area contributed by atoms with Crippen molar-refractivity contribution in [2.24, 2.45) is 5.73 Å². The number of benzene rings is 1. The summed E-state index contributed by atoms with van der Waals surface area (Å²) < 4.78 is 129. The molecule has 11 fully saturated rings. The topological polar surface area (TPSA) is 467 Å². The van der Waals surface area contributed by atoms with Crippen LogP contribution < -0.4 is 40.5 Å². The summed E-state index contributed by atoms with van der Waals surface area (Å²) in [6, 6.07) is 9.36. The maximum atomic E-state index is 10.2. The van der Waals surface area contributed by atoms with Gasteiger partial charge in [-0.25, -0.2) is 4.79 Å². The Morgan fingerprint density at radius 1 is 0.434 bits per heavy atom. The average molecular weight is 2110 g/mol. The summed E-state index contributed by atoms with van der Waals surface area (Å²) in [5.74, 6) is -2.65. The Labute approximate surface area is 894 Å². The van der Waals surface area contributed by atoms with Gasteiger partial charge in [-0.2, -0.15) is 0 Å². The molecule has 145 heavy (non-hydrogen) atoms. The van der Waals surface area contributed by atoms with Crippen LogP contribution in [0.2, 0.25) is 0 Å². The molecule has 27 atom stereocenters. The molecule has 0 aromatic heterocycles. The zero-order valence-electron chi connectivity index (χ0n) is 92.8. The average Bonchev–Trinajstić information content (AvgIpc) is 1.71. The summed E-state index contributed by atoms with van der Waals surface area (Å²) in [5, 5.41) is 70.1. The third-order valence-electron chi connectivity index (χ3n) is 25.3. The van der Waals surface area contributed by atoms with E-state index in [1.54, 1.807) is 35.5 Å². The van der Waals surface area contributed by atoms with Crippen molar-refractivity contribution >= 4 is 29.8 Å². The molecule has 12 rings (SSSR count). The molecule has 11 aliphatic rings. The van der Waals surface area contributed by atoms with E-state index in [1.807, 2.05) is 92.6 Å². The zero-order chi connectivity index (χ0) is 107. The Morgan fingerprint density at radius 2 is 0.731 bits per heavy atom. The number of hydrogen-bond acceptors (Lipinski definition) is 37. The molecule has 0 spiro atoms. The first-order chi connectivity index (χ1) is 68.9. The van der Waals surface area contributed by atoms with Crippen LogP contribution in [0.25, 0.3) is 0 Å². The second-order valence-electron chi connectivity index (χ2n) is 38.8. The van der Waals surface area contributed by atoms with Crippen LogP contribution in [0.1, 0.15) is 297 Å². The molecule has 1 aromatic rings. The molecular weight excluding hydrogens is 1920 g/mol. The normalized spacial score (nSPS) is 30.8. The monoisotopic (exact) mass is 2110 g/mol. The number of nitrogens with two attached hydrogens (primary N) is 1. The van der Waals surface area contributed by atoms with Crippen molar-refractivity contribution in [1.82, 2.24) is 4.90 Å². The quantitative estimate of drug-likeness (QED) is 0.00571. The molecule has 0 bridgehead atoms. The van der Waals surface area contributed by atoms with Crippen LogP contribution in [0.15, 0.2) is 78.9 Å². The molecule has 9 N–H and O–H groups in total. The van der Waals surface area contributed by atoms with Gasteiger partial charge in [-0.05, 0) is 185 Å². The van der Waals surface area contributed by atoms with Crippen LogP contribution in [0.5, 0.6) is 0 Å². The molecule has 11 heterocycles. The van der Waals surface area contributed by atoms with Gasteiger partial charge in [0.25, 0.3) is 6.47 Å². The number of methoxy groups -OCH3 is 6. The van der Waals surface area contributed by atoms with Gasteiger partial charge >= 0.3 is 36.4 Å². The predicted octanol–water partition coefficient (Wildman–Crippen LogP) is 11.0. The maximum absolute atomic E-state index is 10.2. The number of ether oxygens (including phenoxy) is 23. The van der Waals surface area contributed by atoms with Crippen molar-refractivity contribution in [3.8, 4) is 0 Å². The number of likely N-dealkylation sites (N-methyl/N-ethyl adjacent to an activating group) is 1. The number of hydrogen-bond donors (Lipinski definition) is 8.